The quantitative estimate of drug-likeness (QED) is 0.793. The summed E-state index contributed by atoms with van der Waals surface area (Å²) in [6.07, 6.45) is 1.99. The second-order valence-corrected chi connectivity index (χ2v) is 4.69. The summed E-state index contributed by atoms with van der Waals surface area (Å²) in [7, 11) is 0. The van der Waals surface area contributed by atoms with Gasteiger partial charge in [0.25, 0.3) is 0 Å². The van der Waals surface area contributed by atoms with E-state index in [1.165, 1.54) is 0 Å². The van der Waals surface area contributed by atoms with Crippen LogP contribution in [-0.4, -0.2) is 24.0 Å². The number of carbonyl (C=O) groups excluding carboxylic acids is 1. The summed E-state index contributed by atoms with van der Waals surface area (Å²) in [5, 5.41) is 6.58. The molecule has 1 fully saturated rings. The normalized spacial score (nSPS) is 20.0. The van der Waals surface area contributed by atoms with Gasteiger partial charge in [-0.25, -0.2) is 4.98 Å². The number of nitrogens with one attached hydrogen (secondary N) is 2. The molecule has 1 amide bonds. The maximum atomic E-state index is 12.0. The van der Waals surface area contributed by atoms with Crippen molar-refractivity contribution in [2.75, 3.05) is 18.4 Å². The van der Waals surface area contributed by atoms with Gasteiger partial charge in [-0.3, -0.25) is 4.79 Å². The molecule has 0 aliphatic carbocycles. The highest BCUT2D eigenvalue weighted by Crippen LogP contribution is 2.18. The highest BCUT2D eigenvalue weighted by Gasteiger charge is 2.21. The molecule has 5 heteroatoms. The average molecular weight is 254 g/mol. The summed E-state index contributed by atoms with van der Waals surface area (Å²) in [5.74, 6) is 0.114. The zero-order valence-corrected chi connectivity index (χ0v) is 10.5. The first-order valence-electron chi connectivity index (χ1n) is 5.81. The van der Waals surface area contributed by atoms with Gasteiger partial charge in [-0.05, 0) is 38.4 Å². The molecule has 1 saturated heterocycles. The van der Waals surface area contributed by atoms with E-state index in [0.29, 0.717) is 5.15 Å². The fourth-order valence-electron chi connectivity index (χ4n) is 1.97. The molecular weight excluding hydrogens is 238 g/mol. The Hall–Kier alpha value is -1.13. The van der Waals surface area contributed by atoms with E-state index in [4.69, 9.17) is 11.6 Å². The number of anilines is 1. The van der Waals surface area contributed by atoms with Gasteiger partial charge in [0.1, 0.15) is 5.15 Å². The topological polar surface area (TPSA) is 54.0 Å². The van der Waals surface area contributed by atoms with E-state index < -0.39 is 0 Å². The predicted octanol–water partition coefficient (Wildman–Crippen LogP) is 1.98. The van der Waals surface area contributed by atoms with Crippen LogP contribution < -0.4 is 10.6 Å². The molecule has 0 radical (unpaired) electrons. The van der Waals surface area contributed by atoms with Gasteiger partial charge in [0.15, 0.2) is 0 Å². The summed E-state index contributed by atoms with van der Waals surface area (Å²) in [4.78, 5) is 16.1. The highest BCUT2D eigenvalue weighted by atomic mass is 35.5. The third kappa shape index (κ3) is 3.17. The molecule has 2 heterocycles. The molecule has 92 valence electrons. The van der Waals surface area contributed by atoms with Gasteiger partial charge in [-0.2, -0.15) is 0 Å². The lowest BCUT2D eigenvalue weighted by atomic mass is 9.99. The first-order chi connectivity index (χ1) is 8.16. The minimum atomic E-state index is 0.0545. The Kier molecular flexibility index (Phi) is 3.97. The lowest BCUT2D eigenvalue weighted by Crippen LogP contribution is -2.37. The van der Waals surface area contributed by atoms with E-state index in [2.05, 4.69) is 15.6 Å². The van der Waals surface area contributed by atoms with Gasteiger partial charge in [0.05, 0.1) is 17.3 Å². The van der Waals surface area contributed by atoms with Gasteiger partial charge < -0.3 is 10.6 Å². The maximum Gasteiger partial charge on any atom is 0.228 e. The third-order valence-electron chi connectivity index (χ3n) is 2.98. The number of nitrogens with zero attached hydrogens (tertiary/aromatic N) is 1. The van der Waals surface area contributed by atoms with Crippen LogP contribution >= 0.6 is 11.6 Å². The van der Waals surface area contributed by atoms with Crippen molar-refractivity contribution < 1.29 is 4.79 Å². The van der Waals surface area contributed by atoms with Gasteiger partial charge >= 0.3 is 0 Å². The summed E-state index contributed by atoms with van der Waals surface area (Å²) >= 11 is 5.77. The Morgan fingerprint density at radius 1 is 1.59 bits per heavy atom. The van der Waals surface area contributed by atoms with Crippen molar-refractivity contribution in [3.8, 4) is 0 Å². The van der Waals surface area contributed by atoms with Crippen LogP contribution in [0.1, 0.15) is 18.5 Å². The van der Waals surface area contributed by atoms with E-state index in [-0.39, 0.29) is 11.8 Å². The maximum absolute atomic E-state index is 12.0. The SMILES string of the molecule is Cc1nc(Cl)ccc1NC(=O)[C@H]1CCCNC1. The summed E-state index contributed by atoms with van der Waals surface area (Å²) < 4.78 is 0. The molecule has 2 rings (SSSR count). The Morgan fingerprint density at radius 2 is 2.41 bits per heavy atom. The molecule has 1 aliphatic rings. The fourth-order valence-corrected chi connectivity index (χ4v) is 2.16. The molecule has 0 aromatic carbocycles. The molecule has 0 unspecified atom stereocenters. The molecular formula is C12H16ClN3O. The number of pyridine rings is 1. The van der Waals surface area contributed by atoms with Gasteiger partial charge in [0, 0.05) is 6.54 Å². The van der Waals surface area contributed by atoms with Crippen LogP contribution in [0.4, 0.5) is 5.69 Å². The number of aromatic nitrogens is 1. The standard InChI is InChI=1S/C12H16ClN3O/c1-8-10(4-5-11(13)15-8)16-12(17)9-3-2-6-14-7-9/h4-5,9,14H,2-3,6-7H2,1H3,(H,16,17)/t9-/m0/s1. The van der Waals surface area contributed by atoms with Gasteiger partial charge in [-0.15, -0.1) is 0 Å². The number of aryl methyl sites for hydroxylation is 1. The van der Waals surface area contributed by atoms with E-state index in [1.54, 1.807) is 12.1 Å². The number of piperidine rings is 1. The minimum absolute atomic E-state index is 0.0545. The van der Waals surface area contributed by atoms with Crippen LogP contribution in [-0.2, 0) is 4.79 Å². The van der Waals surface area contributed by atoms with E-state index in [1.807, 2.05) is 6.92 Å². The van der Waals surface area contributed by atoms with Crippen molar-refractivity contribution >= 4 is 23.2 Å². The molecule has 2 N–H and O–H groups in total. The Labute approximate surface area is 106 Å². The van der Waals surface area contributed by atoms with Crippen LogP contribution in [0.3, 0.4) is 0 Å². The van der Waals surface area contributed by atoms with Crippen molar-refractivity contribution in [2.24, 2.45) is 5.92 Å². The number of halogens is 1. The van der Waals surface area contributed by atoms with Gasteiger partial charge in [0.2, 0.25) is 5.91 Å². The second kappa shape index (κ2) is 5.47. The molecule has 1 aromatic rings. The summed E-state index contributed by atoms with van der Waals surface area (Å²) in [6.45, 7) is 3.60. The van der Waals surface area contributed by atoms with Crippen LogP contribution in [0.25, 0.3) is 0 Å². The molecule has 1 aliphatic heterocycles. The average Bonchev–Trinajstić information content (AvgIpc) is 2.34. The molecule has 1 atom stereocenters. The lowest BCUT2D eigenvalue weighted by molar-refractivity contribution is -0.120. The van der Waals surface area contributed by atoms with Crippen LogP contribution in [0, 0.1) is 12.8 Å². The minimum Gasteiger partial charge on any atom is -0.324 e. The number of amides is 1. The van der Waals surface area contributed by atoms with Crippen LogP contribution in [0.2, 0.25) is 5.15 Å². The van der Waals surface area contributed by atoms with Gasteiger partial charge in [-0.1, -0.05) is 11.6 Å². The zero-order valence-electron chi connectivity index (χ0n) is 9.79. The van der Waals surface area contributed by atoms with Crippen molar-refractivity contribution in [2.45, 2.75) is 19.8 Å². The predicted molar refractivity (Wildman–Crippen MR) is 68.2 cm³/mol. The second-order valence-electron chi connectivity index (χ2n) is 4.30. The fraction of sp³-hybridized carbons (Fsp3) is 0.500. The van der Waals surface area contributed by atoms with E-state index >= 15 is 0 Å². The molecule has 0 spiro atoms. The first kappa shape index (κ1) is 12.3. The molecule has 1 aromatic heterocycles. The lowest BCUT2D eigenvalue weighted by Gasteiger charge is -2.22. The van der Waals surface area contributed by atoms with Crippen molar-refractivity contribution in [3.05, 3.63) is 23.0 Å². The zero-order chi connectivity index (χ0) is 12.3. The highest BCUT2D eigenvalue weighted by molar-refractivity contribution is 6.29. The number of carbonyl (C=O) groups is 1. The van der Waals surface area contributed by atoms with E-state index in [9.17, 15) is 4.79 Å². The Morgan fingerprint density at radius 3 is 3.06 bits per heavy atom. The van der Waals surface area contributed by atoms with Crippen LogP contribution in [0.5, 0.6) is 0 Å². The number of hydrogen-bond donors (Lipinski definition) is 2. The third-order valence-corrected chi connectivity index (χ3v) is 3.19. The molecule has 0 saturated carbocycles. The number of rotatable bonds is 2. The van der Waals surface area contributed by atoms with Crippen LogP contribution in [0.15, 0.2) is 12.1 Å². The smallest absolute Gasteiger partial charge is 0.228 e. The summed E-state index contributed by atoms with van der Waals surface area (Å²) in [5.41, 5.74) is 1.49. The molecule has 4 nitrogen and oxygen atoms in total. The molecule has 0 bridgehead atoms. The Bertz CT molecular complexity index is 416. The van der Waals surface area contributed by atoms with Crippen molar-refractivity contribution in [1.29, 1.82) is 0 Å². The number of hydrogen-bond acceptors (Lipinski definition) is 3. The van der Waals surface area contributed by atoms with Crippen molar-refractivity contribution in [3.63, 3.8) is 0 Å². The van der Waals surface area contributed by atoms with E-state index in [0.717, 1.165) is 37.3 Å². The largest absolute Gasteiger partial charge is 0.324 e. The summed E-state index contributed by atoms with van der Waals surface area (Å²) in [6, 6.07) is 3.47. The van der Waals surface area contributed by atoms with Crippen molar-refractivity contribution in [1.82, 2.24) is 10.3 Å². The first-order valence-corrected chi connectivity index (χ1v) is 6.19. The molecule has 17 heavy (non-hydrogen) atoms. The Balaban J connectivity index is 2.02. The monoisotopic (exact) mass is 253 g/mol.